The van der Waals surface area contributed by atoms with Crippen molar-refractivity contribution in [3.05, 3.63) is 71.8 Å². The highest BCUT2D eigenvalue weighted by molar-refractivity contribution is 5.51. The highest BCUT2D eigenvalue weighted by atomic mass is 16.5. The fraction of sp³-hybridized carbons (Fsp3) is 0.222. The lowest BCUT2D eigenvalue weighted by atomic mass is 10.1. The van der Waals surface area contributed by atoms with Crippen molar-refractivity contribution in [1.82, 2.24) is 0 Å². The van der Waals surface area contributed by atoms with Gasteiger partial charge in [0.25, 0.3) is 0 Å². The Hall–Kier alpha value is -2.06. The van der Waals surface area contributed by atoms with E-state index in [1.807, 2.05) is 54.6 Å². The third kappa shape index (κ3) is 4.56. The third-order valence-corrected chi connectivity index (χ3v) is 3.20. The number of aliphatic hydroxyl groups is 1. The molecule has 0 amide bonds. The first-order valence-electron chi connectivity index (χ1n) is 6.82. The molecule has 0 aliphatic rings. The molecule has 0 saturated heterocycles. The van der Waals surface area contributed by atoms with Crippen molar-refractivity contribution in [2.24, 2.45) is 0 Å². The number of methoxy groups -OCH3 is 1. The van der Waals surface area contributed by atoms with Gasteiger partial charge in [0.05, 0.1) is 13.2 Å². The Bertz CT molecular complexity index is 529. The van der Waals surface area contributed by atoms with E-state index in [0.29, 0.717) is 0 Å². The quantitative estimate of drug-likeness (QED) is 0.865. The SMILES string of the molecule is COc1ccc(/C=C/C(O)CCc2ccccc2)cc1. The first kappa shape index (κ1) is 14.4. The third-order valence-electron chi connectivity index (χ3n) is 3.20. The summed E-state index contributed by atoms with van der Waals surface area (Å²) in [6.45, 7) is 0. The van der Waals surface area contributed by atoms with Crippen LogP contribution in [-0.4, -0.2) is 18.3 Å². The molecular weight excluding hydrogens is 248 g/mol. The van der Waals surface area contributed by atoms with Crippen molar-refractivity contribution >= 4 is 6.08 Å². The molecule has 104 valence electrons. The van der Waals surface area contributed by atoms with E-state index in [4.69, 9.17) is 4.74 Å². The molecule has 2 rings (SSSR count). The van der Waals surface area contributed by atoms with Crippen LogP contribution in [0.25, 0.3) is 6.08 Å². The monoisotopic (exact) mass is 268 g/mol. The predicted octanol–water partition coefficient (Wildman–Crippen LogP) is 3.70. The first-order valence-corrected chi connectivity index (χ1v) is 6.82. The van der Waals surface area contributed by atoms with E-state index >= 15 is 0 Å². The molecule has 1 N–H and O–H groups in total. The summed E-state index contributed by atoms with van der Waals surface area (Å²) < 4.78 is 5.11. The summed E-state index contributed by atoms with van der Waals surface area (Å²) in [6, 6.07) is 18.0. The fourth-order valence-corrected chi connectivity index (χ4v) is 1.99. The van der Waals surface area contributed by atoms with Gasteiger partial charge in [-0.1, -0.05) is 54.6 Å². The Kier molecular flexibility index (Phi) is 5.39. The Morgan fingerprint density at radius 2 is 1.75 bits per heavy atom. The van der Waals surface area contributed by atoms with E-state index in [1.165, 1.54) is 5.56 Å². The van der Waals surface area contributed by atoms with Crippen molar-refractivity contribution in [1.29, 1.82) is 0 Å². The van der Waals surface area contributed by atoms with Gasteiger partial charge in [-0.3, -0.25) is 0 Å². The zero-order chi connectivity index (χ0) is 14.2. The van der Waals surface area contributed by atoms with Gasteiger partial charge in [0, 0.05) is 0 Å². The Morgan fingerprint density at radius 3 is 2.40 bits per heavy atom. The second-order valence-electron chi connectivity index (χ2n) is 4.72. The molecule has 2 nitrogen and oxygen atoms in total. The molecule has 0 aliphatic carbocycles. The highest BCUT2D eigenvalue weighted by Crippen LogP contribution is 2.13. The fourth-order valence-electron chi connectivity index (χ4n) is 1.99. The van der Waals surface area contributed by atoms with Crippen LogP contribution in [0.4, 0.5) is 0 Å². The van der Waals surface area contributed by atoms with Crippen LogP contribution in [0, 0.1) is 0 Å². The molecule has 0 aromatic heterocycles. The molecule has 0 aliphatic heterocycles. The molecule has 20 heavy (non-hydrogen) atoms. The topological polar surface area (TPSA) is 29.5 Å². The van der Waals surface area contributed by atoms with Gasteiger partial charge in [-0.2, -0.15) is 0 Å². The van der Waals surface area contributed by atoms with Gasteiger partial charge in [0.15, 0.2) is 0 Å². The van der Waals surface area contributed by atoms with Crippen LogP contribution in [0.15, 0.2) is 60.7 Å². The van der Waals surface area contributed by atoms with Gasteiger partial charge < -0.3 is 9.84 Å². The van der Waals surface area contributed by atoms with Gasteiger partial charge in [-0.05, 0) is 36.1 Å². The summed E-state index contributed by atoms with van der Waals surface area (Å²) in [5.74, 6) is 0.840. The van der Waals surface area contributed by atoms with Crippen LogP contribution in [0.5, 0.6) is 5.75 Å². The molecule has 0 radical (unpaired) electrons. The minimum atomic E-state index is -0.419. The average molecular weight is 268 g/mol. The van der Waals surface area contributed by atoms with Gasteiger partial charge >= 0.3 is 0 Å². The molecule has 1 atom stereocenters. The van der Waals surface area contributed by atoms with Crippen molar-refractivity contribution in [3.63, 3.8) is 0 Å². The highest BCUT2D eigenvalue weighted by Gasteiger charge is 2.00. The number of hydrogen-bond acceptors (Lipinski definition) is 2. The van der Waals surface area contributed by atoms with Crippen LogP contribution in [-0.2, 0) is 6.42 Å². The van der Waals surface area contributed by atoms with E-state index in [1.54, 1.807) is 7.11 Å². The Balaban J connectivity index is 1.83. The molecule has 0 spiro atoms. The van der Waals surface area contributed by atoms with Gasteiger partial charge in [-0.15, -0.1) is 0 Å². The Morgan fingerprint density at radius 1 is 1.05 bits per heavy atom. The van der Waals surface area contributed by atoms with Crippen LogP contribution < -0.4 is 4.74 Å². The lowest BCUT2D eigenvalue weighted by Gasteiger charge is -2.05. The Labute approximate surface area is 120 Å². The first-order chi connectivity index (χ1) is 9.78. The van der Waals surface area contributed by atoms with E-state index in [-0.39, 0.29) is 0 Å². The van der Waals surface area contributed by atoms with E-state index in [9.17, 15) is 5.11 Å². The summed E-state index contributed by atoms with van der Waals surface area (Å²) in [5.41, 5.74) is 2.31. The summed E-state index contributed by atoms with van der Waals surface area (Å²) in [7, 11) is 1.65. The van der Waals surface area contributed by atoms with E-state index in [0.717, 1.165) is 24.2 Å². The van der Waals surface area contributed by atoms with Crippen LogP contribution in [0.3, 0.4) is 0 Å². The number of ether oxygens (including phenoxy) is 1. The molecule has 1 unspecified atom stereocenters. The van der Waals surface area contributed by atoms with E-state index < -0.39 is 6.10 Å². The van der Waals surface area contributed by atoms with Gasteiger partial charge in [0.2, 0.25) is 0 Å². The summed E-state index contributed by atoms with van der Waals surface area (Å²) in [5, 5.41) is 9.96. The van der Waals surface area contributed by atoms with Crippen molar-refractivity contribution in [2.45, 2.75) is 18.9 Å². The number of aryl methyl sites for hydroxylation is 1. The summed E-state index contributed by atoms with van der Waals surface area (Å²) in [6.07, 6.45) is 4.98. The molecule has 0 heterocycles. The normalized spacial score (nSPS) is 12.5. The predicted molar refractivity (Wildman–Crippen MR) is 82.8 cm³/mol. The maximum Gasteiger partial charge on any atom is 0.118 e. The van der Waals surface area contributed by atoms with Crippen LogP contribution >= 0.6 is 0 Å². The maximum absolute atomic E-state index is 9.96. The van der Waals surface area contributed by atoms with Crippen LogP contribution in [0.1, 0.15) is 17.5 Å². The van der Waals surface area contributed by atoms with Gasteiger partial charge in [-0.25, -0.2) is 0 Å². The van der Waals surface area contributed by atoms with Crippen LogP contribution in [0.2, 0.25) is 0 Å². The van der Waals surface area contributed by atoms with Crippen molar-refractivity contribution < 1.29 is 9.84 Å². The lowest BCUT2D eigenvalue weighted by Crippen LogP contribution is -2.03. The average Bonchev–Trinajstić information content (AvgIpc) is 2.52. The van der Waals surface area contributed by atoms with E-state index in [2.05, 4.69) is 12.1 Å². The van der Waals surface area contributed by atoms with Crippen molar-refractivity contribution in [2.75, 3.05) is 7.11 Å². The van der Waals surface area contributed by atoms with Crippen molar-refractivity contribution in [3.8, 4) is 5.75 Å². The number of aliphatic hydroxyl groups excluding tert-OH is 1. The second kappa shape index (κ2) is 7.51. The molecule has 2 heteroatoms. The summed E-state index contributed by atoms with van der Waals surface area (Å²) in [4.78, 5) is 0. The molecule has 0 saturated carbocycles. The minimum absolute atomic E-state index is 0.419. The second-order valence-corrected chi connectivity index (χ2v) is 4.72. The molecule has 0 bridgehead atoms. The minimum Gasteiger partial charge on any atom is -0.497 e. The molecule has 2 aromatic carbocycles. The number of rotatable bonds is 6. The smallest absolute Gasteiger partial charge is 0.118 e. The number of hydrogen-bond donors (Lipinski definition) is 1. The zero-order valence-corrected chi connectivity index (χ0v) is 11.7. The largest absolute Gasteiger partial charge is 0.497 e. The molecule has 2 aromatic rings. The lowest BCUT2D eigenvalue weighted by molar-refractivity contribution is 0.214. The molecular formula is C18H20O2. The standard InChI is InChI=1S/C18H20O2/c1-20-18-13-9-16(10-14-18)8-12-17(19)11-7-15-5-3-2-4-6-15/h2-6,8-10,12-14,17,19H,7,11H2,1H3/b12-8+. The zero-order valence-electron chi connectivity index (χ0n) is 11.7. The van der Waals surface area contributed by atoms with Gasteiger partial charge in [0.1, 0.15) is 5.75 Å². The molecule has 0 fully saturated rings. The number of benzene rings is 2. The summed E-state index contributed by atoms with van der Waals surface area (Å²) >= 11 is 0. The maximum atomic E-state index is 9.96.